The van der Waals surface area contributed by atoms with Crippen LogP contribution in [0.2, 0.25) is 0 Å². The number of aromatic nitrogens is 2. The number of carbonyl (C=O) groups excluding carboxylic acids is 1. The molecule has 1 aliphatic heterocycles. The summed E-state index contributed by atoms with van der Waals surface area (Å²) < 4.78 is 7.56. The molecule has 0 fully saturated rings. The summed E-state index contributed by atoms with van der Waals surface area (Å²) in [7, 11) is 1.82. The fraction of sp³-hybridized carbons (Fsp3) is 0.412. The van der Waals surface area contributed by atoms with Gasteiger partial charge in [-0.25, -0.2) is 0 Å². The molecule has 0 saturated heterocycles. The molecule has 1 amide bonds. The predicted octanol–water partition coefficient (Wildman–Crippen LogP) is 1.58. The van der Waals surface area contributed by atoms with Gasteiger partial charge in [-0.3, -0.25) is 14.8 Å². The van der Waals surface area contributed by atoms with E-state index in [1.54, 1.807) is 4.90 Å². The van der Waals surface area contributed by atoms with Crippen molar-refractivity contribution < 1.29 is 9.53 Å². The summed E-state index contributed by atoms with van der Waals surface area (Å²) in [6.07, 6.45) is 3.78. The standard InChI is InChI=1S/C17H22N4O2/c1-3-21-12-13(10-19-21)11-20(2)17(22)16-14-6-4-5-7-15(14)23-9-8-18-16/h4-7,10,12,16,18H,3,8-9,11H2,1-2H3. The maximum absolute atomic E-state index is 12.9. The highest BCUT2D eigenvalue weighted by molar-refractivity contribution is 5.84. The minimum atomic E-state index is -0.375. The number of rotatable bonds is 4. The van der Waals surface area contributed by atoms with Gasteiger partial charge >= 0.3 is 0 Å². The molecule has 122 valence electrons. The van der Waals surface area contributed by atoms with Crippen molar-refractivity contribution in [3.63, 3.8) is 0 Å². The molecule has 0 spiro atoms. The molecule has 6 heteroatoms. The van der Waals surface area contributed by atoms with Crippen LogP contribution in [0, 0.1) is 0 Å². The number of amides is 1. The smallest absolute Gasteiger partial charge is 0.244 e. The molecule has 1 atom stereocenters. The number of benzene rings is 1. The predicted molar refractivity (Wildman–Crippen MR) is 87.1 cm³/mol. The van der Waals surface area contributed by atoms with E-state index in [0.717, 1.165) is 23.4 Å². The summed E-state index contributed by atoms with van der Waals surface area (Å²) in [6, 6.07) is 7.34. The van der Waals surface area contributed by atoms with Gasteiger partial charge in [0.1, 0.15) is 18.4 Å². The Morgan fingerprint density at radius 3 is 3.09 bits per heavy atom. The van der Waals surface area contributed by atoms with Crippen molar-refractivity contribution in [3.8, 4) is 5.75 Å². The lowest BCUT2D eigenvalue weighted by molar-refractivity contribution is -0.132. The second-order valence-corrected chi connectivity index (χ2v) is 5.67. The van der Waals surface area contributed by atoms with Gasteiger partial charge in [-0.05, 0) is 13.0 Å². The van der Waals surface area contributed by atoms with Crippen LogP contribution in [0.4, 0.5) is 0 Å². The average Bonchev–Trinajstić information content (AvgIpc) is 2.91. The third kappa shape index (κ3) is 3.37. The second kappa shape index (κ2) is 6.83. The van der Waals surface area contributed by atoms with Crippen molar-refractivity contribution >= 4 is 5.91 Å². The largest absolute Gasteiger partial charge is 0.492 e. The molecule has 2 heterocycles. The molecule has 0 radical (unpaired) electrons. The molecular weight excluding hydrogens is 292 g/mol. The van der Waals surface area contributed by atoms with Crippen molar-refractivity contribution in [2.75, 3.05) is 20.2 Å². The quantitative estimate of drug-likeness (QED) is 0.931. The average molecular weight is 314 g/mol. The molecule has 6 nitrogen and oxygen atoms in total. The van der Waals surface area contributed by atoms with Crippen molar-refractivity contribution in [1.29, 1.82) is 0 Å². The number of nitrogens with zero attached hydrogens (tertiary/aromatic N) is 3. The highest BCUT2D eigenvalue weighted by Crippen LogP contribution is 2.28. The minimum Gasteiger partial charge on any atom is -0.492 e. The zero-order valence-electron chi connectivity index (χ0n) is 13.5. The second-order valence-electron chi connectivity index (χ2n) is 5.67. The summed E-state index contributed by atoms with van der Waals surface area (Å²) in [4.78, 5) is 14.6. The van der Waals surface area contributed by atoms with Crippen LogP contribution in [-0.2, 0) is 17.9 Å². The van der Waals surface area contributed by atoms with E-state index in [1.807, 2.05) is 55.3 Å². The van der Waals surface area contributed by atoms with Gasteiger partial charge in [0, 0.05) is 44.0 Å². The van der Waals surface area contributed by atoms with Gasteiger partial charge in [0.15, 0.2) is 0 Å². The molecule has 1 aromatic carbocycles. The molecule has 1 aromatic heterocycles. The fourth-order valence-electron chi connectivity index (χ4n) is 2.78. The Labute approximate surface area is 136 Å². The maximum atomic E-state index is 12.9. The van der Waals surface area contributed by atoms with Crippen LogP contribution in [0.25, 0.3) is 0 Å². The van der Waals surface area contributed by atoms with Gasteiger partial charge in [-0.15, -0.1) is 0 Å². The Balaban J connectivity index is 1.76. The third-order valence-corrected chi connectivity index (χ3v) is 3.99. The Bertz CT molecular complexity index is 683. The zero-order valence-corrected chi connectivity index (χ0v) is 13.5. The molecule has 0 saturated carbocycles. The monoisotopic (exact) mass is 314 g/mol. The van der Waals surface area contributed by atoms with Crippen molar-refractivity contribution in [1.82, 2.24) is 20.0 Å². The van der Waals surface area contributed by atoms with E-state index in [2.05, 4.69) is 10.4 Å². The third-order valence-electron chi connectivity index (χ3n) is 3.99. The summed E-state index contributed by atoms with van der Waals surface area (Å²) in [5.74, 6) is 0.815. The van der Waals surface area contributed by atoms with Gasteiger partial charge in [0.05, 0.1) is 6.20 Å². The molecule has 23 heavy (non-hydrogen) atoms. The van der Waals surface area contributed by atoms with Crippen molar-refractivity contribution in [2.24, 2.45) is 0 Å². The van der Waals surface area contributed by atoms with E-state index in [1.165, 1.54) is 0 Å². The highest BCUT2D eigenvalue weighted by Gasteiger charge is 2.28. The number of para-hydroxylation sites is 1. The molecule has 2 aromatic rings. The van der Waals surface area contributed by atoms with Gasteiger partial charge in [-0.1, -0.05) is 18.2 Å². The first-order chi connectivity index (χ1) is 11.2. The van der Waals surface area contributed by atoms with E-state index in [-0.39, 0.29) is 11.9 Å². The summed E-state index contributed by atoms with van der Waals surface area (Å²) in [5.41, 5.74) is 1.92. The van der Waals surface area contributed by atoms with Crippen LogP contribution in [0.15, 0.2) is 36.7 Å². The van der Waals surface area contributed by atoms with Gasteiger partial charge < -0.3 is 9.64 Å². The van der Waals surface area contributed by atoms with Crippen LogP contribution in [0.3, 0.4) is 0 Å². The number of hydrogen-bond acceptors (Lipinski definition) is 4. The zero-order chi connectivity index (χ0) is 16.2. The highest BCUT2D eigenvalue weighted by atomic mass is 16.5. The maximum Gasteiger partial charge on any atom is 0.244 e. The molecule has 3 rings (SSSR count). The van der Waals surface area contributed by atoms with Gasteiger partial charge in [0.2, 0.25) is 5.91 Å². The number of carbonyl (C=O) groups is 1. The lowest BCUT2D eigenvalue weighted by Crippen LogP contribution is -2.38. The molecule has 1 unspecified atom stereocenters. The Kier molecular flexibility index (Phi) is 4.62. The first-order valence-electron chi connectivity index (χ1n) is 7.90. The normalized spacial score (nSPS) is 17.0. The lowest BCUT2D eigenvalue weighted by atomic mass is 10.0. The number of aryl methyl sites for hydroxylation is 1. The summed E-state index contributed by atoms with van der Waals surface area (Å²) in [5, 5.41) is 7.54. The Morgan fingerprint density at radius 2 is 2.30 bits per heavy atom. The van der Waals surface area contributed by atoms with Crippen LogP contribution < -0.4 is 10.1 Å². The van der Waals surface area contributed by atoms with E-state index in [4.69, 9.17) is 4.74 Å². The van der Waals surface area contributed by atoms with Crippen molar-refractivity contribution in [2.45, 2.75) is 26.1 Å². The Hall–Kier alpha value is -2.34. The van der Waals surface area contributed by atoms with Gasteiger partial charge in [-0.2, -0.15) is 5.10 Å². The lowest BCUT2D eigenvalue weighted by Gasteiger charge is -2.23. The molecular formula is C17H22N4O2. The van der Waals surface area contributed by atoms with Crippen LogP contribution in [0.5, 0.6) is 5.75 Å². The topological polar surface area (TPSA) is 59.4 Å². The number of ether oxygens (including phenoxy) is 1. The minimum absolute atomic E-state index is 0.0344. The van der Waals surface area contributed by atoms with E-state index in [0.29, 0.717) is 19.7 Å². The summed E-state index contributed by atoms with van der Waals surface area (Å²) in [6.45, 7) is 4.62. The van der Waals surface area contributed by atoms with E-state index < -0.39 is 0 Å². The number of fused-ring (bicyclic) bond motifs is 1. The summed E-state index contributed by atoms with van der Waals surface area (Å²) >= 11 is 0. The number of likely N-dealkylation sites (N-methyl/N-ethyl adjacent to an activating group) is 1. The van der Waals surface area contributed by atoms with Crippen LogP contribution in [-0.4, -0.2) is 40.8 Å². The first-order valence-corrected chi connectivity index (χ1v) is 7.90. The molecule has 1 aliphatic rings. The number of nitrogens with one attached hydrogen (secondary N) is 1. The molecule has 1 N–H and O–H groups in total. The fourth-order valence-corrected chi connectivity index (χ4v) is 2.78. The first kappa shape index (κ1) is 15.6. The van der Waals surface area contributed by atoms with E-state index in [9.17, 15) is 4.79 Å². The molecule has 0 aliphatic carbocycles. The van der Waals surface area contributed by atoms with Gasteiger partial charge in [0.25, 0.3) is 0 Å². The van der Waals surface area contributed by atoms with Crippen LogP contribution in [0.1, 0.15) is 24.1 Å². The van der Waals surface area contributed by atoms with Crippen molar-refractivity contribution in [3.05, 3.63) is 47.8 Å². The Morgan fingerprint density at radius 1 is 1.48 bits per heavy atom. The van der Waals surface area contributed by atoms with E-state index >= 15 is 0 Å². The van der Waals surface area contributed by atoms with Crippen LogP contribution >= 0.6 is 0 Å². The molecule has 0 bridgehead atoms. The SMILES string of the molecule is CCn1cc(CN(C)C(=O)C2NCCOc3ccccc32)cn1. The number of hydrogen-bond donors (Lipinski definition) is 1.